The number of piperazine rings is 1. The van der Waals surface area contributed by atoms with Crippen LogP contribution in [0.25, 0.3) is 0 Å². The van der Waals surface area contributed by atoms with Crippen molar-refractivity contribution in [1.29, 1.82) is 0 Å². The summed E-state index contributed by atoms with van der Waals surface area (Å²) < 4.78 is 0. The van der Waals surface area contributed by atoms with E-state index in [-0.39, 0.29) is 24.9 Å². The lowest BCUT2D eigenvalue weighted by Gasteiger charge is -2.33. The molecule has 2 aliphatic rings. The number of carboxylic acid groups (broad SMARTS) is 1. The van der Waals surface area contributed by atoms with Crippen molar-refractivity contribution in [2.75, 3.05) is 39.3 Å². The average molecular weight is 298 g/mol. The number of nitrogens with zero attached hydrogens (tertiary/aromatic N) is 2. The van der Waals surface area contributed by atoms with E-state index in [0.29, 0.717) is 19.6 Å². The van der Waals surface area contributed by atoms with Gasteiger partial charge in [-0.25, -0.2) is 4.79 Å². The van der Waals surface area contributed by atoms with Crippen molar-refractivity contribution < 1.29 is 19.5 Å². The van der Waals surface area contributed by atoms with Crippen LogP contribution in [0.1, 0.15) is 19.3 Å². The molecule has 8 nitrogen and oxygen atoms in total. The van der Waals surface area contributed by atoms with Crippen molar-refractivity contribution in [3.8, 4) is 0 Å². The molecule has 0 spiro atoms. The van der Waals surface area contributed by atoms with Gasteiger partial charge in [-0.1, -0.05) is 0 Å². The van der Waals surface area contributed by atoms with Gasteiger partial charge < -0.3 is 15.3 Å². The first-order valence-corrected chi connectivity index (χ1v) is 7.30. The van der Waals surface area contributed by atoms with E-state index in [1.165, 1.54) is 0 Å². The van der Waals surface area contributed by atoms with Crippen molar-refractivity contribution in [3.05, 3.63) is 0 Å². The van der Waals surface area contributed by atoms with E-state index in [0.717, 1.165) is 25.9 Å². The van der Waals surface area contributed by atoms with Gasteiger partial charge in [-0.15, -0.1) is 0 Å². The van der Waals surface area contributed by atoms with Crippen LogP contribution in [0.2, 0.25) is 0 Å². The molecule has 0 bridgehead atoms. The smallest absolute Gasteiger partial charge is 0.321 e. The Hall–Kier alpha value is -1.67. The molecule has 1 saturated carbocycles. The summed E-state index contributed by atoms with van der Waals surface area (Å²) in [6.07, 6.45) is 2.11. The summed E-state index contributed by atoms with van der Waals surface area (Å²) in [5, 5.41) is 13.7. The minimum absolute atomic E-state index is 0.141. The van der Waals surface area contributed by atoms with E-state index in [9.17, 15) is 14.4 Å². The Balaban J connectivity index is 1.59. The molecule has 2 rings (SSSR count). The van der Waals surface area contributed by atoms with Crippen molar-refractivity contribution in [2.24, 2.45) is 0 Å². The topological polar surface area (TPSA) is 102 Å². The number of imide groups is 1. The van der Waals surface area contributed by atoms with Crippen molar-refractivity contribution >= 4 is 17.9 Å². The number of carbonyl (C=O) groups is 3. The predicted octanol–water partition coefficient (Wildman–Crippen LogP) is -0.933. The Bertz CT molecular complexity index is 403. The number of hydrogen-bond donors (Lipinski definition) is 3. The van der Waals surface area contributed by atoms with Gasteiger partial charge in [0.15, 0.2) is 0 Å². The molecular weight excluding hydrogens is 276 g/mol. The molecule has 8 heteroatoms. The van der Waals surface area contributed by atoms with Crippen molar-refractivity contribution in [1.82, 2.24) is 20.4 Å². The second-order valence-corrected chi connectivity index (χ2v) is 5.56. The third kappa shape index (κ3) is 6.09. The molecule has 118 valence electrons. The third-order valence-corrected chi connectivity index (χ3v) is 3.64. The maximum atomic E-state index is 11.7. The van der Waals surface area contributed by atoms with Gasteiger partial charge in [-0.2, -0.15) is 0 Å². The number of carbonyl (C=O) groups excluding carboxylic acids is 2. The number of carboxylic acids is 1. The highest BCUT2D eigenvalue weighted by Crippen LogP contribution is 2.18. The third-order valence-electron chi connectivity index (χ3n) is 3.64. The fourth-order valence-electron chi connectivity index (χ4n) is 2.24. The highest BCUT2D eigenvalue weighted by molar-refractivity contribution is 5.95. The summed E-state index contributed by atoms with van der Waals surface area (Å²) in [5.74, 6) is -1.09. The van der Waals surface area contributed by atoms with E-state index < -0.39 is 12.0 Å². The van der Waals surface area contributed by atoms with E-state index in [1.807, 2.05) is 4.90 Å². The summed E-state index contributed by atoms with van der Waals surface area (Å²) in [7, 11) is 0. The fourth-order valence-corrected chi connectivity index (χ4v) is 2.24. The monoisotopic (exact) mass is 298 g/mol. The zero-order valence-corrected chi connectivity index (χ0v) is 12.0. The first-order valence-electron chi connectivity index (χ1n) is 7.30. The quantitative estimate of drug-likeness (QED) is 0.585. The molecule has 1 saturated heterocycles. The molecule has 0 aromatic rings. The molecule has 0 radical (unpaired) electrons. The standard InChI is InChI=1S/C13H22N4O4/c18-11(15-13(21)14-10-1-2-10)9-17-7-5-16(6-8-17)4-3-12(19)20/h10H,1-9H2,(H,19,20)(H2,14,15,18,21). The van der Waals surface area contributed by atoms with Crippen LogP contribution >= 0.6 is 0 Å². The number of urea groups is 1. The maximum Gasteiger partial charge on any atom is 0.321 e. The van der Waals surface area contributed by atoms with Crippen molar-refractivity contribution in [3.63, 3.8) is 0 Å². The number of amides is 3. The minimum Gasteiger partial charge on any atom is -0.481 e. The maximum absolute atomic E-state index is 11.7. The molecule has 3 N–H and O–H groups in total. The molecule has 21 heavy (non-hydrogen) atoms. The lowest BCUT2D eigenvalue weighted by atomic mass is 10.3. The van der Waals surface area contributed by atoms with Crippen LogP contribution in [-0.2, 0) is 9.59 Å². The van der Waals surface area contributed by atoms with Gasteiger partial charge in [-0.05, 0) is 12.8 Å². The van der Waals surface area contributed by atoms with Crippen molar-refractivity contribution in [2.45, 2.75) is 25.3 Å². The molecular formula is C13H22N4O4. The Morgan fingerprint density at radius 3 is 2.24 bits per heavy atom. The number of rotatable bonds is 6. The van der Waals surface area contributed by atoms with Crippen LogP contribution in [0.4, 0.5) is 4.79 Å². The second kappa shape index (κ2) is 7.37. The average Bonchev–Trinajstić information content (AvgIpc) is 3.21. The lowest BCUT2D eigenvalue weighted by molar-refractivity contribution is -0.137. The summed E-state index contributed by atoms with van der Waals surface area (Å²) in [6, 6.07) is -0.182. The SMILES string of the molecule is O=C(O)CCN1CCN(CC(=O)NC(=O)NC2CC2)CC1. The zero-order chi connectivity index (χ0) is 15.2. The van der Waals surface area contributed by atoms with Gasteiger partial charge in [0.05, 0.1) is 13.0 Å². The summed E-state index contributed by atoms with van der Waals surface area (Å²) >= 11 is 0. The van der Waals surface area contributed by atoms with Gasteiger partial charge in [0, 0.05) is 38.8 Å². The van der Waals surface area contributed by atoms with Gasteiger partial charge in [-0.3, -0.25) is 19.8 Å². The van der Waals surface area contributed by atoms with Crippen LogP contribution in [0.5, 0.6) is 0 Å². The van der Waals surface area contributed by atoms with Gasteiger partial charge in [0.2, 0.25) is 5.91 Å². The highest BCUT2D eigenvalue weighted by Gasteiger charge is 2.25. The Morgan fingerprint density at radius 1 is 1.05 bits per heavy atom. The molecule has 3 amide bonds. The van der Waals surface area contributed by atoms with Crippen LogP contribution in [-0.4, -0.2) is 78.1 Å². The minimum atomic E-state index is -0.793. The number of hydrogen-bond acceptors (Lipinski definition) is 5. The van der Waals surface area contributed by atoms with Gasteiger partial charge >= 0.3 is 12.0 Å². The largest absolute Gasteiger partial charge is 0.481 e. The number of aliphatic carboxylic acids is 1. The summed E-state index contributed by atoms with van der Waals surface area (Å²) in [6.45, 7) is 3.64. The summed E-state index contributed by atoms with van der Waals surface area (Å²) in [4.78, 5) is 37.7. The lowest BCUT2D eigenvalue weighted by Crippen LogP contribution is -2.51. The normalized spacial score (nSPS) is 20.0. The van der Waals surface area contributed by atoms with Crippen LogP contribution < -0.4 is 10.6 Å². The fraction of sp³-hybridized carbons (Fsp3) is 0.769. The molecule has 0 atom stereocenters. The van der Waals surface area contributed by atoms with E-state index in [4.69, 9.17) is 5.11 Å². The van der Waals surface area contributed by atoms with E-state index >= 15 is 0 Å². The van der Waals surface area contributed by atoms with E-state index in [1.54, 1.807) is 0 Å². The first-order chi connectivity index (χ1) is 10.0. The predicted molar refractivity (Wildman–Crippen MR) is 74.8 cm³/mol. The van der Waals surface area contributed by atoms with Gasteiger partial charge in [0.1, 0.15) is 0 Å². The Morgan fingerprint density at radius 2 is 1.67 bits per heavy atom. The molecule has 0 unspecified atom stereocenters. The number of nitrogens with one attached hydrogen (secondary N) is 2. The van der Waals surface area contributed by atoms with Crippen LogP contribution in [0.3, 0.4) is 0 Å². The molecule has 2 fully saturated rings. The zero-order valence-electron chi connectivity index (χ0n) is 12.0. The highest BCUT2D eigenvalue weighted by atomic mass is 16.4. The Kier molecular flexibility index (Phi) is 5.51. The molecule has 1 aliphatic heterocycles. The van der Waals surface area contributed by atoms with Gasteiger partial charge in [0.25, 0.3) is 0 Å². The first kappa shape index (κ1) is 15.7. The van der Waals surface area contributed by atoms with E-state index in [2.05, 4.69) is 15.5 Å². The molecule has 1 heterocycles. The second-order valence-electron chi connectivity index (χ2n) is 5.56. The molecule has 0 aromatic heterocycles. The molecule has 0 aromatic carbocycles. The van der Waals surface area contributed by atoms with Crippen LogP contribution in [0.15, 0.2) is 0 Å². The van der Waals surface area contributed by atoms with Crippen LogP contribution in [0, 0.1) is 0 Å². The summed E-state index contributed by atoms with van der Waals surface area (Å²) in [5.41, 5.74) is 0. The Labute approximate surface area is 123 Å². The molecule has 1 aliphatic carbocycles.